The highest BCUT2D eigenvalue weighted by Crippen LogP contribution is 2.51. The minimum absolute atomic E-state index is 0.194. The van der Waals surface area contributed by atoms with Gasteiger partial charge in [0.05, 0.1) is 11.0 Å². The van der Waals surface area contributed by atoms with Gasteiger partial charge in [-0.15, -0.1) is 0 Å². The molecule has 0 amide bonds. The molecule has 0 saturated heterocycles. The van der Waals surface area contributed by atoms with Crippen LogP contribution in [-0.4, -0.2) is 4.57 Å². The predicted octanol–water partition coefficient (Wildman–Crippen LogP) is 12.5. The minimum Gasteiger partial charge on any atom is -0.456 e. The molecule has 10 rings (SSSR count). The number of fused-ring (bicyclic) bond motifs is 9. The summed E-state index contributed by atoms with van der Waals surface area (Å²) in [7, 11) is 0. The third-order valence-corrected chi connectivity index (χ3v) is 10.4. The summed E-state index contributed by atoms with van der Waals surface area (Å²) in [6, 6.07) is 56.9. The Hall–Kier alpha value is -6.06. The zero-order valence-electron chi connectivity index (χ0n) is 26.8. The van der Waals surface area contributed by atoms with Crippen LogP contribution in [0.1, 0.15) is 25.0 Å². The maximum Gasteiger partial charge on any atom is 0.137 e. The second kappa shape index (κ2) is 9.97. The molecule has 0 radical (unpaired) electrons. The van der Waals surface area contributed by atoms with Gasteiger partial charge in [-0.25, -0.2) is 0 Å². The molecule has 2 aromatic heterocycles. The van der Waals surface area contributed by atoms with Crippen molar-refractivity contribution in [1.82, 2.24) is 4.57 Å². The largest absolute Gasteiger partial charge is 0.456 e. The van der Waals surface area contributed by atoms with Crippen LogP contribution < -0.4 is 4.90 Å². The van der Waals surface area contributed by atoms with E-state index < -0.39 is 0 Å². The first-order chi connectivity index (χ1) is 23.6. The number of rotatable bonds is 4. The molecule has 0 fully saturated rings. The predicted molar refractivity (Wildman–Crippen MR) is 200 cm³/mol. The molecule has 9 aromatic rings. The van der Waals surface area contributed by atoms with Gasteiger partial charge in [-0.05, 0) is 89.0 Å². The smallest absolute Gasteiger partial charge is 0.137 e. The molecule has 0 atom stereocenters. The van der Waals surface area contributed by atoms with Crippen LogP contribution in [0.5, 0.6) is 0 Å². The van der Waals surface area contributed by atoms with Crippen molar-refractivity contribution in [2.45, 2.75) is 19.3 Å². The number of hydrogen-bond donors (Lipinski definition) is 0. The zero-order valence-corrected chi connectivity index (χ0v) is 26.8. The lowest BCUT2D eigenvalue weighted by molar-refractivity contribution is 0.660. The van der Waals surface area contributed by atoms with Gasteiger partial charge in [-0.3, -0.25) is 0 Å². The van der Waals surface area contributed by atoms with Crippen LogP contribution in [-0.2, 0) is 5.41 Å². The zero-order chi connectivity index (χ0) is 32.0. The summed E-state index contributed by atoms with van der Waals surface area (Å²) in [6.07, 6.45) is 0. The third-order valence-electron chi connectivity index (χ3n) is 10.4. The monoisotopic (exact) mass is 616 g/mol. The Morgan fingerprint density at radius 3 is 1.77 bits per heavy atom. The highest BCUT2D eigenvalue weighted by Gasteiger charge is 2.36. The van der Waals surface area contributed by atoms with Gasteiger partial charge < -0.3 is 13.9 Å². The summed E-state index contributed by atoms with van der Waals surface area (Å²) >= 11 is 0. The van der Waals surface area contributed by atoms with Gasteiger partial charge in [0, 0.05) is 55.8 Å². The summed E-state index contributed by atoms with van der Waals surface area (Å²) in [6.45, 7) is 4.73. The molecule has 0 N–H and O–H groups in total. The molecular weight excluding hydrogens is 585 g/mol. The van der Waals surface area contributed by atoms with E-state index in [1.165, 1.54) is 49.7 Å². The molecule has 3 heteroatoms. The molecule has 1 aliphatic rings. The van der Waals surface area contributed by atoms with Gasteiger partial charge >= 0.3 is 0 Å². The van der Waals surface area contributed by atoms with E-state index in [0.717, 1.165) is 39.0 Å². The molecule has 1 aliphatic carbocycles. The van der Waals surface area contributed by atoms with E-state index in [0.29, 0.717) is 0 Å². The first kappa shape index (κ1) is 27.1. The Bertz CT molecular complexity index is 2660. The Labute approximate surface area is 278 Å². The number of anilines is 3. The first-order valence-corrected chi connectivity index (χ1v) is 16.6. The molecule has 48 heavy (non-hydrogen) atoms. The lowest BCUT2D eigenvalue weighted by atomic mass is 9.82. The molecule has 7 aromatic carbocycles. The van der Waals surface area contributed by atoms with E-state index in [2.05, 4.69) is 169 Å². The average molecular weight is 617 g/mol. The van der Waals surface area contributed by atoms with Crippen LogP contribution in [0.3, 0.4) is 0 Å². The minimum atomic E-state index is -0.194. The van der Waals surface area contributed by atoms with Crippen LogP contribution in [0, 0.1) is 0 Å². The summed E-state index contributed by atoms with van der Waals surface area (Å²) in [5.41, 5.74) is 13.8. The number of para-hydroxylation sites is 4. The van der Waals surface area contributed by atoms with Gasteiger partial charge in [-0.1, -0.05) is 98.8 Å². The number of hydrogen-bond acceptors (Lipinski definition) is 2. The highest BCUT2D eigenvalue weighted by atomic mass is 16.3. The lowest BCUT2D eigenvalue weighted by Crippen LogP contribution is -2.17. The molecule has 0 saturated carbocycles. The second-order valence-electron chi connectivity index (χ2n) is 13.4. The average Bonchev–Trinajstić information content (AvgIpc) is 3.74. The molecule has 0 aliphatic heterocycles. The quantitative estimate of drug-likeness (QED) is 0.196. The Kier molecular flexibility index (Phi) is 5.63. The van der Waals surface area contributed by atoms with Gasteiger partial charge in [0.25, 0.3) is 0 Å². The van der Waals surface area contributed by atoms with Gasteiger partial charge in [-0.2, -0.15) is 0 Å². The van der Waals surface area contributed by atoms with E-state index in [9.17, 15) is 0 Å². The normalized spacial score (nSPS) is 13.4. The SMILES string of the molecule is CC1(C)c2cc(N(c3ccccc3)c3ccc4c(c3)oc3ccccc34)ccc2-c2ccc(-n3c4ccccc4c4ccccc43)cc21. The Balaban J connectivity index is 1.12. The number of aromatic nitrogens is 1. The topological polar surface area (TPSA) is 21.3 Å². The summed E-state index contributed by atoms with van der Waals surface area (Å²) in [5, 5.41) is 4.83. The van der Waals surface area contributed by atoms with Crippen LogP contribution >= 0.6 is 0 Å². The van der Waals surface area contributed by atoms with Crippen LogP contribution in [0.4, 0.5) is 17.1 Å². The lowest BCUT2D eigenvalue weighted by Gasteiger charge is -2.28. The van der Waals surface area contributed by atoms with E-state index >= 15 is 0 Å². The highest BCUT2D eigenvalue weighted by molar-refractivity contribution is 6.09. The summed E-state index contributed by atoms with van der Waals surface area (Å²) < 4.78 is 8.75. The second-order valence-corrected chi connectivity index (χ2v) is 13.4. The molecule has 3 nitrogen and oxygen atoms in total. The fraction of sp³-hybridized carbons (Fsp3) is 0.0667. The van der Waals surface area contributed by atoms with Crippen molar-refractivity contribution in [1.29, 1.82) is 0 Å². The number of benzene rings is 7. The van der Waals surface area contributed by atoms with E-state index in [4.69, 9.17) is 4.42 Å². The Morgan fingerprint density at radius 1 is 0.458 bits per heavy atom. The fourth-order valence-corrected chi connectivity index (χ4v) is 8.07. The number of nitrogens with zero attached hydrogens (tertiary/aromatic N) is 2. The van der Waals surface area contributed by atoms with Crippen molar-refractivity contribution in [3.05, 3.63) is 169 Å². The van der Waals surface area contributed by atoms with Gasteiger partial charge in [0.2, 0.25) is 0 Å². The van der Waals surface area contributed by atoms with Crippen molar-refractivity contribution >= 4 is 60.8 Å². The van der Waals surface area contributed by atoms with Crippen molar-refractivity contribution in [2.75, 3.05) is 4.90 Å². The van der Waals surface area contributed by atoms with E-state index in [1.54, 1.807) is 0 Å². The van der Waals surface area contributed by atoms with Crippen molar-refractivity contribution in [3.63, 3.8) is 0 Å². The maximum atomic E-state index is 6.33. The van der Waals surface area contributed by atoms with Crippen LogP contribution in [0.25, 0.3) is 60.6 Å². The van der Waals surface area contributed by atoms with Crippen molar-refractivity contribution < 1.29 is 4.42 Å². The fourth-order valence-electron chi connectivity index (χ4n) is 8.07. The maximum absolute atomic E-state index is 6.33. The third kappa shape index (κ3) is 3.82. The van der Waals surface area contributed by atoms with Gasteiger partial charge in [0.1, 0.15) is 11.2 Å². The molecule has 228 valence electrons. The van der Waals surface area contributed by atoms with E-state index in [1.807, 2.05) is 12.1 Å². The molecule has 0 spiro atoms. The number of furan rings is 1. The summed E-state index contributed by atoms with van der Waals surface area (Å²) in [4.78, 5) is 2.34. The van der Waals surface area contributed by atoms with Crippen molar-refractivity contribution in [2.24, 2.45) is 0 Å². The molecular formula is C45H32N2O. The van der Waals surface area contributed by atoms with Crippen molar-refractivity contribution in [3.8, 4) is 16.8 Å². The Morgan fingerprint density at radius 2 is 1.02 bits per heavy atom. The molecule has 0 bridgehead atoms. The van der Waals surface area contributed by atoms with Crippen LogP contribution in [0.2, 0.25) is 0 Å². The first-order valence-electron chi connectivity index (χ1n) is 16.6. The molecule has 2 heterocycles. The summed E-state index contributed by atoms with van der Waals surface area (Å²) in [5.74, 6) is 0. The van der Waals surface area contributed by atoms with E-state index in [-0.39, 0.29) is 5.41 Å². The van der Waals surface area contributed by atoms with Gasteiger partial charge in [0.15, 0.2) is 0 Å². The standard InChI is InChI=1S/C45H32N2O/c1-45(2)39-26-30(46(29-12-4-3-5-13-29)32-22-25-38-37-16-8-11-19-43(37)48-44(38)28-32)20-23-33(39)34-24-21-31(27-40(34)45)47-41-17-9-6-14-35(41)36-15-7-10-18-42(36)47/h3-28H,1-2H3. The van der Waals surface area contributed by atoms with Crippen LogP contribution in [0.15, 0.2) is 162 Å². The molecule has 0 unspecified atom stereocenters.